The Morgan fingerprint density at radius 1 is 1.40 bits per heavy atom. The smallest absolute Gasteiger partial charge is 0.328 e. The maximum Gasteiger partial charge on any atom is 0.328 e. The van der Waals surface area contributed by atoms with Crippen molar-refractivity contribution in [3.63, 3.8) is 0 Å². The van der Waals surface area contributed by atoms with Crippen molar-refractivity contribution in [2.75, 3.05) is 20.3 Å². The van der Waals surface area contributed by atoms with E-state index in [0.29, 0.717) is 24.3 Å². The number of methoxy groups -OCH3 is 1. The van der Waals surface area contributed by atoms with Crippen LogP contribution in [0.2, 0.25) is 0 Å². The number of rotatable bonds is 8. The molecule has 0 fully saturated rings. The molecule has 6 heteroatoms. The lowest BCUT2D eigenvalue weighted by Crippen LogP contribution is -2.24. The van der Waals surface area contributed by atoms with Gasteiger partial charge in [0.25, 0.3) is 5.91 Å². The fraction of sp³-hybridized carbons (Fsp3) is 0.357. The van der Waals surface area contributed by atoms with Crippen LogP contribution in [-0.2, 0) is 9.53 Å². The molecule has 0 atom stereocenters. The zero-order valence-corrected chi connectivity index (χ0v) is 11.3. The van der Waals surface area contributed by atoms with Crippen LogP contribution in [0.5, 0.6) is 0 Å². The summed E-state index contributed by atoms with van der Waals surface area (Å²) in [6.45, 7) is 1.24. The van der Waals surface area contributed by atoms with E-state index in [4.69, 9.17) is 9.84 Å². The van der Waals surface area contributed by atoms with Crippen molar-refractivity contribution in [3.8, 4) is 0 Å². The number of ether oxygens (including phenoxy) is 1. The third-order valence-electron chi connectivity index (χ3n) is 2.50. The summed E-state index contributed by atoms with van der Waals surface area (Å²) < 4.78 is 4.92. The summed E-state index contributed by atoms with van der Waals surface area (Å²) in [5, 5.41) is 11.3. The number of aliphatic carboxylic acids is 1. The van der Waals surface area contributed by atoms with Gasteiger partial charge in [-0.3, -0.25) is 9.78 Å². The monoisotopic (exact) mass is 278 g/mol. The fourth-order valence-corrected chi connectivity index (χ4v) is 1.52. The van der Waals surface area contributed by atoms with Crippen LogP contribution in [0.3, 0.4) is 0 Å². The molecule has 1 amide bonds. The zero-order valence-electron chi connectivity index (χ0n) is 11.3. The molecule has 0 aliphatic carbocycles. The molecule has 0 unspecified atom stereocenters. The lowest BCUT2D eigenvalue weighted by atomic mass is 10.2. The summed E-state index contributed by atoms with van der Waals surface area (Å²) in [6, 6.07) is 1.59. The first-order chi connectivity index (χ1) is 9.63. The van der Waals surface area contributed by atoms with Crippen LogP contribution in [-0.4, -0.2) is 42.2 Å². The predicted octanol–water partition coefficient (Wildman–Crippen LogP) is 1.34. The van der Waals surface area contributed by atoms with Crippen LogP contribution < -0.4 is 5.32 Å². The van der Waals surface area contributed by atoms with E-state index >= 15 is 0 Å². The van der Waals surface area contributed by atoms with Crippen LogP contribution in [0.15, 0.2) is 24.5 Å². The lowest BCUT2D eigenvalue weighted by molar-refractivity contribution is -0.131. The first-order valence-electron chi connectivity index (χ1n) is 6.26. The molecule has 1 heterocycles. The predicted molar refractivity (Wildman–Crippen MR) is 74.4 cm³/mol. The summed E-state index contributed by atoms with van der Waals surface area (Å²) in [5.41, 5.74) is 0.976. The van der Waals surface area contributed by atoms with Crippen LogP contribution in [0.1, 0.15) is 28.8 Å². The summed E-state index contributed by atoms with van der Waals surface area (Å²) in [6.07, 6.45) is 7.06. The van der Waals surface area contributed by atoms with E-state index in [1.807, 2.05) is 0 Å². The fourth-order valence-electron chi connectivity index (χ4n) is 1.52. The van der Waals surface area contributed by atoms with Gasteiger partial charge in [0.05, 0.1) is 5.56 Å². The highest BCUT2D eigenvalue weighted by atomic mass is 16.5. The number of carboxylic acids is 1. The second kappa shape index (κ2) is 8.82. The highest BCUT2D eigenvalue weighted by Gasteiger charge is 2.05. The summed E-state index contributed by atoms with van der Waals surface area (Å²) in [7, 11) is 1.64. The van der Waals surface area contributed by atoms with Crippen LogP contribution in [0.4, 0.5) is 0 Å². The number of pyridine rings is 1. The summed E-state index contributed by atoms with van der Waals surface area (Å²) >= 11 is 0. The molecule has 0 spiro atoms. The van der Waals surface area contributed by atoms with Crippen molar-refractivity contribution in [3.05, 3.63) is 35.7 Å². The minimum Gasteiger partial charge on any atom is -0.478 e. The Morgan fingerprint density at radius 3 is 2.90 bits per heavy atom. The van der Waals surface area contributed by atoms with E-state index in [-0.39, 0.29) is 5.91 Å². The maximum atomic E-state index is 11.8. The van der Waals surface area contributed by atoms with Gasteiger partial charge in [0.15, 0.2) is 0 Å². The normalized spacial score (nSPS) is 10.7. The number of carboxylic acid groups (broad SMARTS) is 1. The molecule has 0 aliphatic rings. The maximum absolute atomic E-state index is 11.8. The molecular formula is C14H18N2O4. The van der Waals surface area contributed by atoms with E-state index in [1.165, 1.54) is 18.5 Å². The molecule has 0 radical (unpaired) electrons. The van der Waals surface area contributed by atoms with Gasteiger partial charge in [-0.2, -0.15) is 0 Å². The Morgan fingerprint density at radius 2 is 2.20 bits per heavy atom. The third kappa shape index (κ3) is 6.10. The highest BCUT2D eigenvalue weighted by molar-refractivity contribution is 5.94. The Labute approximate surface area is 117 Å². The Kier molecular flexibility index (Phi) is 6.99. The van der Waals surface area contributed by atoms with Gasteiger partial charge in [0, 0.05) is 38.7 Å². The quantitative estimate of drug-likeness (QED) is 0.553. The van der Waals surface area contributed by atoms with Gasteiger partial charge in [-0.15, -0.1) is 0 Å². The van der Waals surface area contributed by atoms with E-state index < -0.39 is 5.97 Å². The molecule has 0 bridgehead atoms. The largest absolute Gasteiger partial charge is 0.478 e. The topological polar surface area (TPSA) is 88.5 Å². The average Bonchev–Trinajstić information content (AvgIpc) is 2.45. The SMILES string of the molecule is COCCCCNC(=O)c1cncc(C=CC(=O)O)c1. The van der Waals surface area contributed by atoms with Crippen molar-refractivity contribution in [1.82, 2.24) is 10.3 Å². The number of nitrogens with zero attached hydrogens (tertiary/aromatic N) is 1. The molecule has 108 valence electrons. The number of unbranched alkanes of at least 4 members (excludes halogenated alkanes) is 1. The Hall–Kier alpha value is -2.21. The molecule has 0 aliphatic heterocycles. The van der Waals surface area contributed by atoms with Crippen molar-refractivity contribution in [2.24, 2.45) is 0 Å². The molecule has 20 heavy (non-hydrogen) atoms. The van der Waals surface area contributed by atoms with E-state index in [1.54, 1.807) is 13.2 Å². The lowest BCUT2D eigenvalue weighted by Gasteiger charge is -2.05. The highest BCUT2D eigenvalue weighted by Crippen LogP contribution is 2.05. The van der Waals surface area contributed by atoms with Crippen molar-refractivity contribution >= 4 is 18.0 Å². The molecule has 0 saturated carbocycles. The van der Waals surface area contributed by atoms with E-state index in [0.717, 1.165) is 18.9 Å². The second-order valence-corrected chi connectivity index (χ2v) is 4.13. The number of carbonyl (C=O) groups is 2. The van der Waals surface area contributed by atoms with Crippen molar-refractivity contribution in [1.29, 1.82) is 0 Å². The minimum atomic E-state index is -1.04. The van der Waals surface area contributed by atoms with Crippen molar-refractivity contribution < 1.29 is 19.4 Å². The number of hydrogen-bond donors (Lipinski definition) is 2. The second-order valence-electron chi connectivity index (χ2n) is 4.13. The Bertz CT molecular complexity index is 486. The Balaban J connectivity index is 2.51. The van der Waals surface area contributed by atoms with Gasteiger partial charge >= 0.3 is 5.97 Å². The third-order valence-corrected chi connectivity index (χ3v) is 2.50. The number of nitrogens with one attached hydrogen (secondary N) is 1. The zero-order chi connectivity index (χ0) is 14.8. The van der Waals surface area contributed by atoms with Crippen LogP contribution >= 0.6 is 0 Å². The van der Waals surface area contributed by atoms with Crippen LogP contribution in [0.25, 0.3) is 6.08 Å². The number of hydrogen-bond acceptors (Lipinski definition) is 4. The van der Waals surface area contributed by atoms with E-state index in [2.05, 4.69) is 10.3 Å². The first kappa shape index (κ1) is 15.8. The number of aromatic nitrogens is 1. The van der Waals surface area contributed by atoms with Gasteiger partial charge in [-0.05, 0) is 30.5 Å². The van der Waals surface area contributed by atoms with Gasteiger partial charge in [0.2, 0.25) is 0 Å². The molecule has 0 saturated heterocycles. The summed E-state index contributed by atoms with van der Waals surface area (Å²) in [5.74, 6) is -1.27. The van der Waals surface area contributed by atoms with Gasteiger partial charge in [-0.25, -0.2) is 4.79 Å². The molecule has 2 N–H and O–H groups in total. The summed E-state index contributed by atoms with van der Waals surface area (Å²) in [4.78, 5) is 26.2. The first-order valence-corrected chi connectivity index (χ1v) is 6.26. The number of amides is 1. The number of carbonyl (C=O) groups excluding carboxylic acids is 1. The molecule has 1 rings (SSSR count). The van der Waals surface area contributed by atoms with Gasteiger partial charge in [0.1, 0.15) is 0 Å². The molecule has 6 nitrogen and oxygen atoms in total. The minimum absolute atomic E-state index is 0.222. The van der Waals surface area contributed by atoms with Crippen LogP contribution in [0, 0.1) is 0 Å². The molecule has 1 aromatic rings. The van der Waals surface area contributed by atoms with E-state index in [9.17, 15) is 9.59 Å². The molecule has 0 aromatic carbocycles. The standard InChI is InChI=1S/C14H18N2O4/c1-20-7-3-2-6-16-14(19)12-8-11(9-15-10-12)4-5-13(17)18/h4-5,8-10H,2-3,6-7H2,1H3,(H,16,19)(H,17,18). The van der Waals surface area contributed by atoms with Crippen molar-refractivity contribution in [2.45, 2.75) is 12.8 Å². The molecular weight excluding hydrogens is 260 g/mol. The van der Waals surface area contributed by atoms with Gasteiger partial charge in [-0.1, -0.05) is 0 Å². The molecule has 1 aromatic heterocycles. The average molecular weight is 278 g/mol. The van der Waals surface area contributed by atoms with Gasteiger partial charge < -0.3 is 15.2 Å².